The quantitative estimate of drug-likeness (QED) is 0.165. The van der Waals surface area contributed by atoms with Crippen LogP contribution in [0, 0.1) is 12.8 Å². The lowest BCUT2D eigenvalue weighted by atomic mass is 9.35. The van der Waals surface area contributed by atoms with Gasteiger partial charge >= 0.3 is 0 Å². The molecule has 2 bridgehead atoms. The summed E-state index contributed by atoms with van der Waals surface area (Å²) in [7, 11) is 0. The number of nitrogens with zero attached hydrogens (tertiary/aromatic N) is 2. The average Bonchev–Trinajstić information content (AvgIpc) is 3.87. The van der Waals surface area contributed by atoms with E-state index in [0.29, 0.717) is 5.92 Å². The van der Waals surface area contributed by atoms with E-state index in [1.807, 2.05) is 0 Å². The van der Waals surface area contributed by atoms with Gasteiger partial charge in [0.05, 0.1) is 17.0 Å². The Morgan fingerprint density at radius 1 is 0.577 bits per heavy atom. The number of rotatable bonds is 3. The predicted molar refractivity (Wildman–Crippen MR) is 305 cm³/mol. The van der Waals surface area contributed by atoms with Crippen LogP contribution in [-0.4, -0.2) is 6.71 Å². The Hall–Kier alpha value is -5.48. The summed E-state index contributed by atoms with van der Waals surface area (Å²) in [4.78, 5) is 5.29. The highest BCUT2D eigenvalue weighted by Crippen LogP contribution is 2.58. The van der Waals surface area contributed by atoms with Gasteiger partial charge in [0.25, 0.3) is 6.71 Å². The van der Waals surface area contributed by atoms with E-state index in [2.05, 4.69) is 224 Å². The van der Waals surface area contributed by atoms with Gasteiger partial charge in [0.1, 0.15) is 5.58 Å². The topological polar surface area (TPSA) is 19.6 Å². The summed E-state index contributed by atoms with van der Waals surface area (Å²) in [5.41, 5.74) is 26.1. The van der Waals surface area contributed by atoms with Gasteiger partial charge in [0.2, 0.25) is 0 Å². The summed E-state index contributed by atoms with van der Waals surface area (Å²) in [6.45, 7) is 38.1. The third-order valence-corrected chi connectivity index (χ3v) is 18.7. The molecule has 364 valence electrons. The van der Waals surface area contributed by atoms with Crippen LogP contribution in [-0.2, 0) is 32.5 Å². The summed E-state index contributed by atoms with van der Waals surface area (Å²) >= 11 is 0. The van der Waals surface area contributed by atoms with E-state index in [1.165, 1.54) is 133 Å². The second kappa shape index (κ2) is 15.1. The average molecular weight is 937 g/mol. The Labute approximate surface area is 426 Å². The van der Waals surface area contributed by atoms with Gasteiger partial charge < -0.3 is 14.2 Å². The van der Waals surface area contributed by atoms with Crippen LogP contribution in [0.15, 0.2) is 108 Å². The number of furan rings is 1. The standard InChI is InChI=1S/C67H77BN2O/c1-39-31-56-59-57(32-39)70(54-25-21-44(63(6,7)8)33-48(54)41-17-19-43(20-18-41)62(3,4)5)55-26-22-45(64(9,10)11)34-53(55)68(59)61-60(69(56)46-23-24-50-52(35-46)66(14,15)30-29-65(50,12)13)49-36-51-47(37-58(49)71-61)40(2)42-27-28-67(51,16)38-42/h17-26,31-37,40,42H,27-30,38H2,1-16H3/t40?,42?,67-/m0/s1. The van der Waals surface area contributed by atoms with Gasteiger partial charge in [-0.25, -0.2) is 0 Å². The minimum Gasteiger partial charge on any atom is -0.468 e. The fourth-order valence-corrected chi connectivity index (χ4v) is 14.1. The SMILES string of the molecule is Cc1cc2c3c(c1)N(c1ccc4c(c1)C(C)(C)CCC4(C)C)c1c(oc4cc5c(cc14)[C@@]1(C)CCC(C1)C5C)B3c1cc(C(C)(C)C)ccc1N2c1ccc(C(C)(C)C)cc1-c1ccc(C(C)(C)C)cc1. The number of benzene rings is 6. The Morgan fingerprint density at radius 3 is 1.85 bits per heavy atom. The lowest BCUT2D eigenvalue weighted by Crippen LogP contribution is -2.61. The Bertz CT molecular complexity index is 3360. The molecule has 1 aromatic heterocycles. The van der Waals surface area contributed by atoms with Crippen LogP contribution in [0.3, 0.4) is 0 Å². The van der Waals surface area contributed by atoms with Gasteiger partial charge in [0.15, 0.2) is 0 Å². The van der Waals surface area contributed by atoms with Crippen LogP contribution < -0.4 is 26.4 Å². The van der Waals surface area contributed by atoms with Crippen LogP contribution in [0.2, 0.25) is 0 Å². The first-order valence-electron chi connectivity index (χ1n) is 27.1. The molecule has 1 fully saturated rings. The van der Waals surface area contributed by atoms with Crippen LogP contribution in [0.4, 0.5) is 34.1 Å². The maximum absolute atomic E-state index is 7.69. The second-order valence-electron chi connectivity index (χ2n) is 27.8. The van der Waals surface area contributed by atoms with Gasteiger partial charge in [-0.3, -0.25) is 0 Å². The van der Waals surface area contributed by atoms with Crippen molar-refractivity contribution >= 4 is 68.4 Å². The largest absolute Gasteiger partial charge is 0.468 e. The highest BCUT2D eigenvalue weighted by molar-refractivity contribution is 7.00. The molecule has 2 unspecified atom stereocenters. The Morgan fingerprint density at radius 2 is 1.18 bits per heavy atom. The zero-order valence-electron chi connectivity index (χ0n) is 45.9. The van der Waals surface area contributed by atoms with Gasteiger partial charge in [0, 0.05) is 33.7 Å². The molecule has 3 nitrogen and oxygen atoms in total. The predicted octanol–water partition coefficient (Wildman–Crippen LogP) is 16.9. The van der Waals surface area contributed by atoms with Crippen molar-refractivity contribution in [3.63, 3.8) is 0 Å². The smallest absolute Gasteiger partial charge is 0.297 e. The van der Waals surface area contributed by atoms with Crippen LogP contribution in [0.1, 0.15) is 186 Å². The van der Waals surface area contributed by atoms with Gasteiger partial charge in [-0.15, -0.1) is 0 Å². The molecule has 4 heteroatoms. The molecule has 0 saturated heterocycles. The second-order valence-corrected chi connectivity index (χ2v) is 27.8. The highest BCUT2D eigenvalue weighted by atomic mass is 16.3. The molecule has 3 heterocycles. The first-order valence-corrected chi connectivity index (χ1v) is 27.1. The zero-order chi connectivity index (χ0) is 50.3. The van der Waals surface area contributed by atoms with Crippen molar-refractivity contribution in [2.75, 3.05) is 9.80 Å². The minimum atomic E-state index is -0.120. The van der Waals surface area contributed by atoms with Crippen molar-refractivity contribution in [2.45, 2.75) is 181 Å². The molecule has 12 rings (SSSR count). The summed E-state index contributed by atoms with van der Waals surface area (Å²) in [6.07, 6.45) is 6.20. The van der Waals surface area contributed by atoms with Gasteiger partial charge in [-0.05, 0) is 199 Å². The molecule has 2 aliphatic heterocycles. The molecule has 0 N–H and O–H groups in total. The maximum atomic E-state index is 7.69. The monoisotopic (exact) mass is 937 g/mol. The zero-order valence-corrected chi connectivity index (χ0v) is 45.9. The molecule has 7 aromatic rings. The van der Waals surface area contributed by atoms with Crippen LogP contribution >= 0.6 is 0 Å². The highest BCUT2D eigenvalue weighted by Gasteiger charge is 2.50. The Kier molecular flexibility index (Phi) is 9.88. The Balaban J connectivity index is 1.19. The van der Waals surface area contributed by atoms with E-state index in [0.717, 1.165) is 17.2 Å². The van der Waals surface area contributed by atoms with E-state index >= 15 is 0 Å². The minimum absolute atomic E-state index is 0.0293. The molecule has 0 spiro atoms. The van der Waals surface area contributed by atoms with Gasteiger partial charge in [-0.1, -0.05) is 152 Å². The fraction of sp³-hybridized carbons (Fsp3) is 0.433. The van der Waals surface area contributed by atoms with Gasteiger partial charge in [-0.2, -0.15) is 0 Å². The normalized spacial score (nSPS) is 21.7. The van der Waals surface area contributed by atoms with Crippen molar-refractivity contribution < 1.29 is 4.42 Å². The summed E-state index contributed by atoms with van der Waals surface area (Å²) < 4.78 is 7.69. The van der Waals surface area contributed by atoms with Crippen molar-refractivity contribution in [1.29, 1.82) is 0 Å². The molecule has 0 amide bonds. The fourth-order valence-electron chi connectivity index (χ4n) is 14.1. The first kappa shape index (κ1) is 46.6. The molecule has 6 aromatic carbocycles. The van der Waals surface area contributed by atoms with E-state index in [9.17, 15) is 0 Å². The lowest BCUT2D eigenvalue weighted by molar-refractivity contribution is 0.332. The van der Waals surface area contributed by atoms with Crippen molar-refractivity contribution in [1.82, 2.24) is 0 Å². The van der Waals surface area contributed by atoms with Crippen LogP contribution in [0.25, 0.3) is 22.1 Å². The third-order valence-electron chi connectivity index (χ3n) is 18.7. The molecule has 71 heavy (non-hydrogen) atoms. The number of hydrogen-bond donors (Lipinski definition) is 0. The molecule has 3 atom stereocenters. The summed E-state index contributed by atoms with van der Waals surface area (Å²) in [5.74, 6) is 1.25. The van der Waals surface area contributed by atoms with Crippen LogP contribution in [0.5, 0.6) is 0 Å². The molecular formula is C67H77BN2O. The molecule has 5 aliphatic rings. The molecule has 0 radical (unpaired) electrons. The molecular weight excluding hydrogens is 860 g/mol. The van der Waals surface area contributed by atoms with Crippen molar-refractivity contribution in [3.05, 3.63) is 148 Å². The first-order chi connectivity index (χ1) is 33.2. The van der Waals surface area contributed by atoms with E-state index in [-0.39, 0.29) is 39.2 Å². The maximum Gasteiger partial charge on any atom is 0.297 e. The number of aryl methyl sites for hydroxylation is 1. The molecule has 1 saturated carbocycles. The van der Waals surface area contributed by atoms with Crippen molar-refractivity contribution in [2.24, 2.45) is 5.92 Å². The van der Waals surface area contributed by atoms with E-state index in [4.69, 9.17) is 4.42 Å². The number of hydrogen-bond acceptors (Lipinski definition) is 3. The number of anilines is 6. The lowest BCUT2D eigenvalue weighted by Gasteiger charge is -2.45. The summed E-state index contributed by atoms with van der Waals surface area (Å²) in [5, 5.41) is 1.25. The van der Waals surface area contributed by atoms with Crippen molar-refractivity contribution in [3.8, 4) is 11.1 Å². The summed E-state index contributed by atoms with van der Waals surface area (Å²) in [6, 6.07) is 41.7. The third kappa shape index (κ3) is 7.02. The van der Waals surface area contributed by atoms with E-state index in [1.54, 1.807) is 5.56 Å². The number of fused-ring (bicyclic) bond motifs is 11. The van der Waals surface area contributed by atoms with E-state index < -0.39 is 0 Å². The molecule has 3 aliphatic carbocycles.